The number of ether oxygens (including phenoxy) is 3. The highest BCUT2D eigenvalue weighted by molar-refractivity contribution is 5.96. The molecule has 130 valence electrons. The van der Waals surface area contributed by atoms with Gasteiger partial charge in [0.25, 0.3) is 5.91 Å². The van der Waals surface area contributed by atoms with Crippen molar-refractivity contribution in [3.8, 4) is 5.75 Å². The number of nitrogens with zero attached hydrogens (tertiary/aromatic N) is 1. The lowest BCUT2D eigenvalue weighted by molar-refractivity contribution is -0.136. The van der Waals surface area contributed by atoms with Gasteiger partial charge in [-0.15, -0.1) is 0 Å². The number of rotatable bonds is 5. The summed E-state index contributed by atoms with van der Waals surface area (Å²) < 4.78 is 15.0. The second kappa shape index (κ2) is 7.81. The van der Waals surface area contributed by atoms with Gasteiger partial charge in [-0.1, -0.05) is 0 Å². The molecule has 0 bridgehead atoms. The van der Waals surface area contributed by atoms with Crippen LogP contribution in [0.5, 0.6) is 5.75 Å². The van der Waals surface area contributed by atoms with Crippen LogP contribution in [0.3, 0.4) is 0 Å². The van der Waals surface area contributed by atoms with E-state index in [2.05, 4.69) is 9.47 Å². The second-order valence-electron chi connectivity index (χ2n) is 5.52. The van der Waals surface area contributed by atoms with Gasteiger partial charge in [0, 0.05) is 13.1 Å². The molecule has 1 heterocycles. The zero-order valence-corrected chi connectivity index (χ0v) is 14.0. The Morgan fingerprint density at radius 1 is 0.958 bits per heavy atom. The summed E-state index contributed by atoms with van der Waals surface area (Å²) in [6, 6.07) is 4.23. The van der Waals surface area contributed by atoms with E-state index in [9.17, 15) is 14.4 Å². The molecule has 1 aromatic rings. The molecule has 0 aliphatic carbocycles. The normalized spacial score (nSPS) is 14.9. The van der Waals surface area contributed by atoms with Crippen molar-refractivity contribution in [2.24, 2.45) is 0 Å². The van der Waals surface area contributed by atoms with Gasteiger partial charge in [0.05, 0.1) is 25.3 Å². The van der Waals surface area contributed by atoms with Crippen LogP contribution in [0, 0.1) is 0 Å². The van der Waals surface area contributed by atoms with E-state index < -0.39 is 18.0 Å². The molecular weight excluding hydrogens is 314 g/mol. The minimum Gasteiger partial charge on any atom is -0.481 e. The summed E-state index contributed by atoms with van der Waals surface area (Å²) >= 11 is 0. The van der Waals surface area contributed by atoms with Gasteiger partial charge < -0.3 is 19.1 Å². The minimum absolute atomic E-state index is 0.115. The fourth-order valence-electron chi connectivity index (χ4n) is 2.59. The number of benzene rings is 1. The fraction of sp³-hybridized carbons (Fsp3) is 0.471. The molecule has 0 spiro atoms. The predicted molar refractivity (Wildman–Crippen MR) is 85.0 cm³/mol. The first-order chi connectivity index (χ1) is 11.5. The van der Waals surface area contributed by atoms with Crippen LogP contribution in [0.1, 0.15) is 40.5 Å². The van der Waals surface area contributed by atoms with E-state index in [0.717, 1.165) is 25.9 Å². The number of methoxy groups -OCH3 is 2. The third-order valence-electron chi connectivity index (χ3n) is 3.83. The highest BCUT2D eigenvalue weighted by Gasteiger charge is 2.25. The summed E-state index contributed by atoms with van der Waals surface area (Å²) in [5, 5.41) is 0. The number of esters is 2. The molecule has 7 heteroatoms. The van der Waals surface area contributed by atoms with Gasteiger partial charge >= 0.3 is 11.9 Å². The predicted octanol–water partition coefficient (Wildman–Crippen LogP) is 1.65. The lowest BCUT2D eigenvalue weighted by Gasteiger charge is -2.21. The Morgan fingerprint density at radius 2 is 1.46 bits per heavy atom. The summed E-state index contributed by atoms with van der Waals surface area (Å²) in [7, 11) is 2.49. The van der Waals surface area contributed by atoms with Gasteiger partial charge in [-0.3, -0.25) is 4.79 Å². The largest absolute Gasteiger partial charge is 0.481 e. The maximum absolute atomic E-state index is 12.3. The van der Waals surface area contributed by atoms with E-state index in [1.165, 1.54) is 32.4 Å². The molecule has 24 heavy (non-hydrogen) atoms. The average molecular weight is 335 g/mol. The number of carbonyl (C=O) groups excluding carboxylic acids is 3. The van der Waals surface area contributed by atoms with E-state index in [1.807, 2.05) is 0 Å². The van der Waals surface area contributed by atoms with Crippen molar-refractivity contribution in [2.75, 3.05) is 27.3 Å². The van der Waals surface area contributed by atoms with Crippen LogP contribution < -0.4 is 4.74 Å². The van der Waals surface area contributed by atoms with Crippen LogP contribution in [-0.4, -0.2) is 56.2 Å². The van der Waals surface area contributed by atoms with Crippen molar-refractivity contribution in [1.29, 1.82) is 0 Å². The zero-order valence-electron chi connectivity index (χ0n) is 14.0. The van der Waals surface area contributed by atoms with Crippen molar-refractivity contribution < 1.29 is 28.6 Å². The quantitative estimate of drug-likeness (QED) is 0.761. The lowest BCUT2D eigenvalue weighted by Crippen LogP contribution is -2.38. The van der Waals surface area contributed by atoms with Crippen LogP contribution in [-0.2, 0) is 14.3 Å². The molecule has 0 N–H and O–H groups in total. The number of hydrogen-bond donors (Lipinski definition) is 0. The van der Waals surface area contributed by atoms with Crippen molar-refractivity contribution in [3.63, 3.8) is 0 Å². The maximum Gasteiger partial charge on any atom is 0.338 e. The van der Waals surface area contributed by atoms with Gasteiger partial charge in [0.1, 0.15) is 5.75 Å². The van der Waals surface area contributed by atoms with Crippen LogP contribution >= 0.6 is 0 Å². The van der Waals surface area contributed by atoms with E-state index in [-0.39, 0.29) is 22.8 Å². The standard InChI is InChI=1S/C17H21NO6/c1-11(15(19)18-6-4-5-7-18)24-14-9-12(16(20)22-2)8-13(10-14)17(21)23-3/h8-11H,4-7H2,1-3H3/t11-/m1/s1. The third kappa shape index (κ3) is 4.04. The third-order valence-corrected chi connectivity index (χ3v) is 3.83. The molecule has 2 rings (SSSR count). The Morgan fingerprint density at radius 3 is 1.92 bits per heavy atom. The fourth-order valence-corrected chi connectivity index (χ4v) is 2.59. The molecule has 0 radical (unpaired) electrons. The highest BCUT2D eigenvalue weighted by atomic mass is 16.5. The van der Waals surface area contributed by atoms with Crippen LogP contribution in [0.15, 0.2) is 18.2 Å². The van der Waals surface area contributed by atoms with Crippen LogP contribution in [0.2, 0.25) is 0 Å². The van der Waals surface area contributed by atoms with Crippen molar-refractivity contribution >= 4 is 17.8 Å². The number of amides is 1. The average Bonchev–Trinajstić information content (AvgIpc) is 3.13. The molecular formula is C17H21NO6. The Balaban J connectivity index is 2.22. The first-order valence-corrected chi connectivity index (χ1v) is 7.73. The lowest BCUT2D eigenvalue weighted by atomic mass is 10.1. The summed E-state index contributed by atoms with van der Waals surface area (Å²) in [4.78, 5) is 37.6. The van der Waals surface area contributed by atoms with E-state index in [1.54, 1.807) is 11.8 Å². The monoisotopic (exact) mass is 335 g/mol. The van der Waals surface area contributed by atoms with Gasteiger partial charge in [-0.05, 0) is 38.0 Å². The SMILES string of the molecule is COC(=O)c1cc(O[C@H](C)C(=O)N2CCCC2)cc(C(=O)OC)c1. The molecule has 1 aromatic carbocycles. The first-order valence-electron chi connectivity index (χ1n) is 7.73. The van der Waals surface area contributed by atoms with E-state index in [4.69, 9.17) is 4.74 Å². The minimum atomic E-state index is -0.721. The molecule has 1 fully saturated rings. The molecule has 0 unspecified atom stereocenters. The van der Waals surface area contributed by atoms with E-state index in [0.29, 0.717) is 0 Å². The molecule has 7 nitrogen and oxygen atoms in total. The maximum atomic E-state index is 12.3. The molecule has 0 aromatic heterocycles. The van der Waals surface area contributed by atoms with Gasteiger partial charge in [0.15, 0.2) is 6.10 Å². The topological polar surface area (TPSA) is 82.1 Å². The van der Waals surface area contributed by atoms with E-state index >= 15 is 0 Å². The number of hydrogen-bond acceptors (Lipinski definition) is 6. The Bertz CT molecular complexity index is 602. The summed E-state index contributed by atoms with van der Waals surface area (Å²) in [6.45, 7) is 3.09. The Hall–Kier alpha value is -2.57. The van der Waals surface area contributed by atoms with Crippen LogP contribution in [0.25, 0.3) is 0 Å². The molecule has 1 aliphatic heterocycles. The Kier molecular flexibility index (Phi) is 5.78. The number of carbonyl (C=O) groups is 3. The summed E-state index contributed by atoms with van der Waals surface area (Å²) in [5.74, 6) is -1.10. The van der Waals surface area contributed by atoms with Crippen LogP contribution in [0.4, 0.5) is 0 Å². The smallest absolute Gasteiger partial charge is 0.338 e. The molecule has 1 saturated heterocycles. The highest BCUT2D eigenvalue weighted by Crippen LogP contribution is 2.21. The molecule has 1 aliphatic rings. The second-order valence-corrected chi connectivity index (χ2v) is 5.52. The van der Waals surface area contributed by atoms with Gasteiger partial charge in [-0.2, -0.15) is 0 Å². The summed E-state index contributed by atoms with van der Waals surface area (Å²) in [6.07, 6.45) is 1.26. The summed E-state index contributed by atoms with van der Waals surface area (Å²) in [5.41, 5.74) is 0.299. The Labute approximate surface area is 140 Å². The first kappa shape index (κ1) is 17.8. The zero-order chi connectivity index (χ0) is 17.7. The van der Waals surface area contributed by atoms with Crippen molar-refractivity contribution in [3.05, 3.63) is 29.3 Å². The van der Waals surface area contributed by atoms with Gasteiger partial charge in [0.2, 0.25) is 0 Å². The number of likely N-dealkylation sites (tertiary alicyclic amines) is 1. The molecule has 1 amide bonds. The van der Waals surface area contributed by atoms with Gasteiger partial charge in [-0.25, -0.2) is 9.59 Å². The van der Waals surface area contributed by atoms with Crippen molar-refractivity contribution in [1.82, 2.24) is 4.90 Å². The molecule has 1 atom stereocenters. The molecule has 0 saturated carbocycles. The van der Waals surface area contributed by atoms with Crippen molar-refractivity contribution in [2.45, 2.75) is 25.9 Å².